The molecule has 4 heteroatoms. The number of carbonyl (C=O) groups excluding carboxylic acids is 2. The van der Waals surface area contributed by atoms with E-state index in [2.05, 4.69) is 6.92 Å². The SMILES string of the molecule is CCCCCCCCCC(=O)OC(=O)c1ccccc1O. The van der Waals surface area contributed by atoms with Crippen LogP contribution >= 0.6 is 0 Å². The molecule has 0 unspecified atom stereocenters. The van der Waals surface area contributed by atoms with E-state index in [1.165, 1.54) is 37.8 Å². The number of hydrogen-bond donors (Lipinski definition) is 1. The van der Waals surface area contributed by atoms with Crippen LogP contribution in [0.3, 0.4) is 0 Å². The molecule has 0 saturated heterocycles. The second kappa shape index (κ2) is 9.97. The predicted octanol–water partition coefficient (Wildman–Crippen LogP) is 4.22. The van der Waals surface area contributed by atoms with Crippen molar-refractivity contribution in [2.75, 3.05) is 0 Å². The van der Waals surface area contributed by atoms with Crippen molar-refractivity contribution >= 4 is 11.9 Å². The molecule has 116 valence electrons. The van der Waals surface area contributed by atoms with Gasteiger partial charge < -0.3 is 9.84 Å². The largest absolute Gasteiger partial charge is 0.507 e. The molecule has 4 nitrogen and oxygen atoms in total. The number of hydrogen-bond acceptors (Lipinski definition) is 4. The Kier molecular flexibility index (Phi) is 8.17. The Morgan fingerprint density at radius 3 is 2.29 bits per heavy atom. The Labute approximate surface area is 126 Å². The first kappa shape index (κ1) is 17.2. The van der Waals surface area contributed by atoms with Gasteiger partial charge in [0.1, 0.15) is 11.3 Å². The van der Waals surface area contributed by atoms with Gasteiger partial charge in [-0.05, 0) is 18.6 Å². The Morgan fingerprint density at radius 1 is 1.00 bits per heavy atom. The molecule has 0 bridgehead atoms. The summed E-state index contributed by atoms with van der Waals surface area (Å²) >= 11 is 0. The highest BCUT2D eigenvalue weighted by atomic mass is 16.6. The minimum atomic E-state index is -0.791. The van der Waals surface area contributed by atoms with Crippen molar-refractivity contribution in [1.82, 2.24) is 0 Å². The zero-order valence-corrected chi connectivity index (χ0v) is 12.6. The van der Waals surface area contributed by atoms with Crippen molar-refractivity contribution in [3.8, 4) is 5.75 Å². The van der Waals surface area contributed by atoms with Crippen LogP contribution in [0.25, 0.3) is 0 Å². The van der Waals surface area contributed by atoms with Gasteiger partial charge in [-0.2, -0.15) is 0 Å². The molecule has 1 aromatic rings. The van der Waals surface area contributed by atoms with Gasteiger partial charge in [-0.15, -0.1) is 0 Å². The van der Waals surface area contributed by atoms with Crippen molar-refractivity contribution < 1.29 is 19.4 Å². The molecule has 0 radical (unpaired) electrons. The minimum Gasteiger partial charge on any atom is -0.507 e. The van der Waals surface area contributed by atoms with E-state index in [0.717, 1.165) is 19.3 Å². The third kappa shape index (κ3) is 6.93. The molecule has 0 fully saturated rings. The molecular formula is C17H24O4. The quantitative estimate of drug-likeness (QED) is 0.420. The van der Waals surface area contributed by atoms with Crippen LogP contribution in [0.2, 0.25) is 0 Å². The standard InChI is InChI=1S/C17H24O4/c1-2-3-4-5-6-7-8-13-16(19)21-17(20)14-11-9-10-12-15(14)18/h9-12,18H,2-8,13H2,1H3. The van der Waals surface area contributed by atoms with Gasteiger partial charge in [0.05, 0.1) is 0 Å². The summed E-state index contributed by atoms with van der Waals surface area (Å²) in [6.45, 7) is 2.18. The Morgan fingerprint density at radius 2 is 1.62 bits per heavy atom. The number of carbonyl (C=O) groups is 2. The van der Waals surface area contributed by atoms with Crippen LogP contribution < -0.4 is 0 Å². The smallest absolute Gasteiger partial charge is 0.349 e. The third-order valence-corrected chi connectivity index (χ3v) is 3.31. The molecule has 21 heavy (non-hydrogen) atoms. The maximum absolute atomic E-state index is 11.7. The summed E-state index contributed by atoms with van der Waals surface area (Å²) in [6.07, 6.45) is 7.99. The molecule has 0 saturated carbocycles. The Hall–Kier alpha value is -1.84. The van der Waals surface area contributed by atoms with Gasteiger partial charge in [-0.25, -0.2) is 4.79 Å². The average Bonchev–Trinajstić information content (AvgIpc) is 2.46. The predicted molar refractivity (Wildman–Crippen MR) is 81.1 cm³/mol. The first-order chi connectivity index (χ1) is 10.1. The molecule has 0 aliphatic carbocycles. The lowest BCUT2D eigenvalue weighted by molar-refractivity contribution is -0.138. The molecule has 0 amide bonds. The van der Waals surface area contributed by atoms with E-state index in [4.69, 9.17) is 4.74 Å². The molecule has 0 heterocycles. The van der Waals surface area contributed by atoms with E-state index < -0.39 is 11.9 Å². The van der Waals surface area contributed by atoms with Crippen molar-refractivity contribution in [2.24, 2.45) is 0 Å². The van der Waals surface area contributed by atoms with E-state index in [1.807, 2.05) is 0 Å². The van der Waals surface area contributed by atoms with Gasteiger partial charge in [0.25, 0.3) is 0 Å². The van der Waals surface area contributed by atoms with Crippen LogP contribution in [-0.4, -0.2) is 17.0 Å². The van der Waals surface area contributed by atoms with Crippen molar-refractivity contribution in [1.29, 1.82) is 0 Å². The van der Waals surface area contributed by atoms with Gasteiger partial charge in [0.15, 0.2) is 0 Å². The fourth-order valence-electron chi connectivity index (χ4n) is 2.08. The van der Waals surface area contributed by atoms with Crippen LogP contribution in [-0.2, 0) is 9.53 Å². The topological polar surface area (TPSA) is 63.6 Å². The fraction of sp³-hybridized carbons (Fsp3) is 0.529. The highest BCUT2D eigenvalue weighted by Crippen LogP contribution is 2.17. The summed E-state index contributed by atoms with van der Waals surface area (Å²) in [6, 6.07) is 6.03. The summed E-state index contributed by atoms with van der Waals surface area (Å²) < 4.78 is 4.72. The summed E-state index contributed by atoms with van der Waals surface area (Å²) in [4.78, 5) is 23.2. The van der Waals surface area contributed by atoms with Crippen LogP contribution in [0, 0.1) is 0 Å². The molecule has 0 spiro atoms. The lowest BCUT2D eigenvalue weighted by Crippen LogP contribution is -2.12. The number of unbranched alkanes of at least 4 members (excludes halogenated alkanes) is 6. The molecule has 0 aromatic heterocycles. The first-order valence-corrected chi connectivity index (χ1v) is 7.68. The lowest BCUT2D eigenvalue weighted by Gasteiger charge is -2.04. The van der Waals surface area contributed by atoms with Crippen LogP contribution in [0.15, 0.2) is 24.3 Å². The van der Waals surface area contributed by atoms with E-state index in [9.17, 15) is 14.7 Å². The van der Waals surface area contributed by atoms with Gasteiger partial charge in [0.2, 0.25) is 0 Å². The second-order valence-corrected chi connectivity index (χ2v) is 5.15. The maximum Gasteiger partial charge on any atom is 0.349 e. The summed E-state index contributed by atoms with van der Waals surface area (Å²) in [5, 5.41) is 9.50. The summed E-state index contributed by atoms with van der Waals surface area (Å²) in [5.74, 6) is -1.50. The number of para-hydroxylation sites is 1. The van der Waals surface area contributed by atoms with Crippen molar-refractivity contribution in [2.45, 2.75) is 58.3 Å². The van der Waals surface area contributed by atoms with Crippen molar-refractivity contribution in [3.63, 3.8) is 0 Å². The van der Waals surface area contributed by atoms with Gasteiger partial charge in [-0.3, -0.25) is 4.79 Å². The molecular weight excluding hydrogens is 268 g/mol. The molecule has 1 rings (SSSR count). The number of benzene rings is 1. The zero-order valence-electron chi connectivity index (χ0n) is 12.6. The minimum absolute atomic E-state index is 0.0189. The monoisotopic (exact) mass is 292 g/mol. The number of ether oxygens (including phenoxy) is 1. The number of aromatic hydroxyl groups is 1. The third-order valence-electron chi connectivity index (χ3n) is 3.31. The lowest BCUT2D eigenvalue weighted by atomic mass is 10.1. The number of rotatable bonds is 9. The molecule has 1 aromatic carbocycles. The van der Waals surface area contributed by atoms with Crippen LogP contribution in [0.4, 0.5) is 0 Å². The molecule has 0 aliphatic heterocycles. The zero-order chi connectivity index (χ0) is 15.5. The highest BCUT2D eigenvalue weighted by molar-refractivity contribution is 5.98. The Bertz CT molecular complexity index is 454. The number of phenolic OH excluding ortho intramolecular Hbond substituents is 1. The van der Waals surface area contributed by atoms with Gasteiger partial charge in [-0.1, -0.05) is 57.6 Å². The number of esters is 2. The summed E-state index contributed by atoms with van der Waals surface area (Å²) in [5.41, 5.74) is 0.0189. The van der Waals surface area contributed by atoms with Gasteiger partial charge in [0, 0.05) is 6.42 Å². The van der Waals surface area contributed by atoms with E-state index in [1.54, 1.807) is 12.1 Å². The van der Waals surface area contributed by atoms with Crippen LogP contribution in [0.1, 0.15) is 68.6 Å². The second-order valence-electron chi connectivity index (χ2n) is 5.15. The number of phenols is 1. The average molecular weight is 292 g/mol. The molecule has 0 aliphatic rings. The van der Waals surface area contributed by atoms with Crippen molar-refractivity contribution in [3.05, 3.63) is 29.8 Å². The first-order valence-electron chi connectivity index (χ1n) is 7.68. The summed E-state index contributed by atoms with van der Waals surface area (Å²) in [7, 11) is 0. The van der Waals surface area contributed by atoms with E-state index >= 15 is 0 Å². The van der Waals surface area contributed by atoms with Gasteiger partial charge >= 0.3 is 11.9 Å². The highest BCUT2D eigenvalue weighted by Gasteiger charge is 2.15. The normalized spacial score (nSPS) is 10.3. The fourth-order valence-corrected chi connectivity index (χ4v) is 2.08. The molecule has 0 atom stereocenters. The molecule has 1 N–H and O–H groups in total. The Balaban J connectivity index is 2.19. The maximum atomic E-state index is 11.7. The van der Waals surface area contributed by atoms with E-state index in [-0.39, 0.29) is 17.7 Å². The van der Waals surface area contributed by atoms with Crippen LogP contribution in [0.5, 0.6) is 5.75 Å². The van der Waals surface area contributed by atoms with E-state index in [0.29, 0.717) is 0 Å².